The van der Waals surface area contributed by atoms with E-state index < -0.39 is 0 Å². The lowest BCUT2D eigenvalue weighted by atomic mass is 10.1. The fourth-order valence-corrected chi connectivity index (χ4v) is 2.30. The number of halogens is 1. The quantitative estimate of drug-likeness (QED) is 0.844. The summed E-state index contributed by atoms with van der Waals surface area (Å²) in [5.41, 5.74) is 1.62. The Morgan fingerprint density at radius 1 is 1.33 bits per heavy atom. The van der Waals surface area contributed by atoms with Crippen LogP contribution in [0.3, 0.4) is 0 Å². The van der Waals surface area contributed by atoms with Crippen LogP contribution in [-0.2, 0) is 6.42 Å². The highest BCUT2D eigenvalue weighted by molar-refractivity contribution is 9.10. The van der Waals surface area contributed by atoms with Crippen LogP contribution in [-0.4, -0.2) is 24.0 Å². The molecule has 0 aliphatic carbocycles. The van der Waals surface area contributed by atoms with Gasteiger partial charge in [0.1, 0.15) is 10.4 Å². The van der Waals surface area contributed by atoms with Crippen LogP contribution < -0.4 is 10.1 Å². The number of pyridine rings is 1. The summed E-state index contributed by atoms with van der Waals surface area (Å²) in [6.45, 7) is 1.97. The summed E-state index contributed by atoms with van der Waals surface area (Å²) in [7, 11) is 1.65. The Kier molecular flexibility index (Phi) is 5.33. The monoisotopic (exact) mass is 348 g/mol. The molecule has 1 amide bonds. The molecule has 0 spiro atoms. The Bertz CT molecular complexity index is 614. The molecule has 0 fully saturated rings. The fraction of sp³-hybridized carbons (Fsp3) is 0.250. The van der Waals surface area contributed by atoms with E-state index in [4.69, 9.17) is 4.74 Å². The lowest BCUT2D eigenvalue weighted by molar-refractivity contribution is 0.0939. The van der Waals surface area contributed by atoms with Crippen molar-refractivity contribution < 1.29 is 9.53 Å². The molecule has 0 aliphatic heterocycles. The van der Waals surface area contributed by atoms with Crippen LogP contribution in [0.15, 0.2) is 47.2 Å². The number of hydrogen-bond acceptors (Lipinski definition) is 3. The van der Waals surface area contributed by atoms with E-state index in [-0.39, 0.29) is 11.9 Å². The number of aromatic nitrogens is 1. The zero-order valence-corrected chi connectivity index (χ0v) is 13.6. The van der Waals surface area contributed by atoms with Gasteiger partial charge in [0, 0.05) is 12.2 Å². The van der Waals surface area contributed by atoms with Gasteiger partial charge in [-0.25, -0.2) is 4.98 Å². The molecule has 2 aromatic rings. The van der Waals surface area contributed by atoms with Crippen LogP contribution in [0.25, 0.3) is 0 Å². The number of ether oxygens (including phenoxy) is 1. The summed E-state index contributed by atoms with van der Waals surface area (Å²) in [6, 6.07) is 11.3. The SMILES string of the molecule is COc1ccccc1CC(C)NC(=O)c1ccc(Br)nc1. The van der Waals surface area contributed by atoms with Crippen molar-refractivity contribution in [3.8, 4) is 5.75 Å². The molecule has 4 nitrogen and oxygen atoms in total. The molecule has 2 rings (SSSR count). The number of para-hydroxylation sites is 1. The van der Waals surface area contributed by atoms with Gasteiger partial charge < -0.3 is 10.1 Å². The third-order valence-corrected chi connectivity index (χ3v) is 3.55. The second-order valence-electron chi connectivity index (χ2n) is 4.76. The van der Waals surface area contributed by atoms with Crippen molar-refractivity contribution in [1.29, 1.82) is 0 Å². The zero-order chi connectivity index (χ0) is 15.2. The van der Waals surface area contributed by atoms with E-state index >= 15 is 0 Å². The van der Waals surface area contributed by atoms with Crippen molar-refractivity contribution in [2.24, 2.45) is 0 Å². The topological polar surface area (TPSA) is 51.2 Å². The molecule has 1 aromatic heterocycles. The van der Waals surface area contributed by atoms with Crippen molar-refractivity contribution in [3.63, 3.8) is 0 Å². The maximum Gasteiger partial charge on any atom is 0.253 e. The van der Waals surface area contributed by atoms with Gasteiger partial charge in [0.15, 0.2) is 0 Å². The van der Waals surface area contributed by atoms with Crippen molar-refractivity contribution >= 4 is 21.8 Å². The number of nitrogens with one attached hydrogen (secondary N) is 1. The highest BCUT2D eigenvalue weighted by atomic mass is 79.9. The van der Waals surface area contributed by atoms with E-state index in [0.29, 0.717) is 16.6 Å². The van der Waals surface area contributed by atoms with Gasteiger partial charge in [0.2, 0.25) is 0 Å². The molecule has 110 valence electrons. The van der Waals surface area contributed by atoms with E-state index in [0.717, 1.165) is 11.3 Å². The minimum atomic E-state index is -0.127. The van der Waals surface area contributed by atoms with Crippen LogP contribution in [0.5, 0.6) is 5.75 Å². The average molecular weight is 349 g/mol. The lowest BCUT2D eigenvalue weighted by Crippen LogP contribution is -2.34. The van der Waals surface area contributed by atoms with Gasteiger partial charge in [0.05, 0.1) is 12.7 Å². The molecule has 1 atom stereocenters. The molecule has 1 heterocycles. The summed E-state index contributed by atoms with van der Waals surface area (Å²) in [4.78, 5) is 16.2. The van der Waals surface area contributed by atoms with Crippen LogP contribution >= 0.6 is 15.9 Å². The van der Waals surface area contributed by atoms with Crippen molar-refractivity contribution in [3.05, 3.63) is 58.3 Å². The van der Waals surface area contributed by atoms with Crippen LogP contribution in [0.1, 0.15) is 22.8 Å². The van der Waals surface area contributed by atoms with Gasteiger partial charge in [0.25, 0.3) is 5.91 Å². The number of benzene rings is 1. The molecule has 21 heavy (non-hydrogen) atoms. The van der Waals surface area contributed by atoms with Gasteiger partial charge in [-0.3, -0.25) is 4.79 Å². The Hall–Kier alpha value is -1.88. The van der Waals surface area contributed by atoms with Gasteiger partial charge in [-0.2, -0.15) is 0 Å². The molecule has 0 radical (unpaired) electrons. The average Bonchev–Trinajstić information content (AvgIpc) is 2.48. The third kappa shape index (κ3) is 4.29. The second-order valence-corrected chi connectivity index (χ2v) is 5.57. The maximum atomic E-state index is 12.1. The maximum absolute atomic E-state index is 12.1. The Labute approximate surface area is 132 Å². The highest BCUT2D eigenvalue weighted by Crippen LogP contribution is 2.19. The fourth-order valence-electron chi connectivity index (χ4n) is 2.07. The first-order valence-corrected chi connectivity index (χ1v) is 7.43. The van der Waals surface area contributed by atoms with Gasteiger partial charge in [-0.1, -0.05) is 18.2 Å². The predicted molar refractivity (Wildman–Crippen MR) is 85.6 cm³/mol. The summed E-state index contributed by atoms with van der Waals surface area (Å²) >= 11 is 3.25. The summed E-state index contributed by atoms with van der Waals surface area (Å²) in [5, 5.41) is 2.97. The van der Waals surface area contributed by atoms with Gasteiger partial charge in [-0.05, 0) is 53.0 Å². The number of rotatable bonds is 5. The first kappa shape index (κ1) is 15.5. The Balaban J connectivity index is 1.99. The highest BCUT2D eigenvalue weighted by Gasteiger charge is 2.12. The summed E-state index contributed by atoms with van der Waals surface area (Å²) in [5.74, 6) is 0.710. The number of nitrogens with zero attached hydrogens (tertiary/aromatic N) is 1. The lowest BCUT2D eigenvalue weighted by Gasteiger charge is -2.15. The molecule has 1 aromatic carbocycles. The Morgan fingerprint density at radius 3 is 2.76 bits per heavy atom. The number of methoxy groups -OCH3 is 1. The Morgan fingerprint density at radius 2 is 2.10 bits per heavy atom. The molecule has 0 bridgehead atoms. The molecule has 1 unspecified atom stereocenters. The van der Waals surface area contributed by atoms with E-state index in [1.807, 2.05) is 31.2 Å². The smallest absolute Gasteiger partial charge is 0.253 e. The third-order valence-electron chi connectivity index (χ3n) is 3.09. The van der Waals surface area contributed by atoms with Crippen molar-refractivity contribution in [2.75, 3.05) is 7.11 Å². The van der Waals surface area contributed by atoms with E-state index in [9.17, 15) is 4.79 Å². The normalized spacial score (nSPS) is 11.8. The van der Waals surface area contributed by atoms with E-state index in [1.54, 1.807) is 25.4 Å². The number of amides is 1. The van der Waals surface area contributed by atoms with Crippen LogP contribution in [0.4, 0.5) is 0 Å². The largest absolute Gasteiger partial charge is 0.496 e. The van der Waals surface area contributed by atoms with Crippen LogP contribution in [0, 0.1) is 0 Å². The molecule has 5 heteroatoms. The number of carbonyl (C=O) groups excluding carboxylic acids is 1. The van der Waals surface area contributed by atoms with Gasteiger partial charge >= 0.3 is 0 Å². The molecule has 1 N–H and O–H groups in total. The minimum absolute atomic E-state index is 0.00236. The molecular formula is C16H17BrN2O2. The molecule has 0 aliphatic rings. The molecular weight excluding hydrogens is 332 g/mol. The first-order chi connectivity index (χ1) is 10.1. The van der Waals surface area contributed by atoms with Crippen molar-refractivity contribution in [1.82, 2.24) is 10.3 Å². The predicted octanol–water partition coefficient (Wildman–Crippen LogP) is 3.21. The molecule has 0 saturated heterocycles. The van der Waals surface area contributed by atoms with Gasteiger partial charge in [-0.15, -0.1) is 0 Å². The van der Waals surface area contributed by atoms with Crippen molar-refractivity contribution in [2.45, 2.75) is 19.4 Å². The van der Waals surface area contributed by atoms with E-state index in [2.05, 4.69) is 26.2 Å². The first-order valence-electron chi connectivity index (χ1n) is 6.64. The summed E-state index contributed by atoms with van der Waals surface area (Å²) in [6.07, 6.45) is 2.26. The zero-order valence-electron chi connectivity index (χ0n) is 12.0. The number of carbonyl (C=O) groups is 1. The van der Waals surface area contributed by atoms with E-state index in [1.165, 1.54) is 0 Å². The summed E-state index contributed by atoms with van der Waals surface area (Å²) < 4.78 is 6.03. The minimum Gasteiger partial charge on any atom is -0.496 e. The van der Waals surface area contributed by atoms with Crippen LogP contribution in [0.2, 0.25) is 0 Å². The molecule has 0 saturated carbocycles. The standard InChI is InChI=1S/C16H17BrN2O2/c1-11(9-12-5-3-4-6-14(12)21-2)19-16(20)13-7-8-15(17)18-10-13/h3-8,10-11H,9H2,1-2H3,(H,19,20). The number of hydrogen-bond donors (Lipinski definition) is 1. The second kappa shape index (κ2) is 7.22.